The van der Waals surface area contributed by atoms with E-state index in [-0.39, 0.29) is 5.82 Å². The number of nitrogens with zero attached hydrogens (tertiary/aromatic N) is 3. The first-order valence-electron chi connectivity index (χ1n) is 8.81. The van der Waals surface area contributed by atoms with Crippen molar-refractivity contribution in [1.82, 2.24) is 15.0 Å². The number of thioether (sulfide) groups is 1. The fraction of sp³-hybridized carbons (Fsp3) is 0.526. The van der Waals surface area contributed by atoms with Crippen LogP contribution in [-0.4, -0.2) is 19.7 Å². The summed E-state index contributed by atoms with van der Waals surface area (Å²) in [5.41, 5.74) is 0.629. The van der Waals surface area contributed by atoms with Crippen molar-refractivity contribution >= 4 is 11.8 Å². The first-order chi connectivity index (χ1) is 11.7. The third-order valence-corrected chi connectivity index (χ3v) is 7.26. The lowest BCUT2D eigenvalue weighted by atomic mass is 9.56. The van der Waals surface area contributed by atoms with Crippen molar-refractivity contribution in [2.75, 3.05) is 0 Å². The van der Waals surface area contributed by atoms with Crippen molar-refractivity contribution in [3.8, 4) is 11.5 Å². The summed E-state index contributed by atoms with van der Waals surface area (Å²) >= 11 is 1.96. The van der Waals surface area contributed by atoms with Crippen molar-refractivity contribution in [3.05, 3.63) is 36.4 Å². The van der Waals surface area contributed by atoms with Gasteiger partial charge in [-0.3, -0.25) is 0 Å². The van der Waals surface area contributed by atoms with Crippen LogP contribution in [0.1, 0.15) is 38.5 Å². The average Bonchev–Trinajstić information content (AvgIpc) is 2.54. The zero-order chi connectivity index (χ0) is 16.1. The Hall–Kier alpha value is -1.49. The van der Waals surface area contributed by atoms with Crippen molar-refractivity contribution in [2.45, 2.75) is 48.3 Å². The molecule has 3 nitrogen and oxygen atoms in total. The lowest BCUT2D eigenvalue weighted by Crippen LogP contribution is -2.48. The van der Waals surface area contributed by atoms with Crippen molar-refractivity contribution in [2.24, 2.45) is 17.8 Å². The molecule has 0 spiro atoms. The molecule has 2 aromatic heterocycles. The van der Waals surface area contributed by atoms with Gasteiger partial charge in [0.2, 0.25) is 0 Å². The maximum Gasteiger partial charge on any atom is 0.179 e. The molecule has 5 heteroatoms. The quantitative estimate of drug-likeness (QED) is 0.756. The summed E-state index contributed by atoms with van der Waals surface area (Å²) in [6.45, 7) is 0. The fourth-order valence-electron chi connectivity index (χ4n) is 5.41. The van der Waals surface area contributed by atoms with Crippen LogP contribution in [0.4, 0.5) is 4.39 Å². The molecule has 0 atom stereocenters. The molecular formula is C19H20FN3S. The summed E-state index contributed by atoms with van der Waals surface area (Å²) in [6.07, 6.45) is 11.4. The van der Waals surface area contributed by atoms with E-state index in [4.69, 9.17) is 4.98 Å². The molecule has 0 saturated heterocycles. The summed E-state index contributed by atoms with van der Waals surface area (Å²) in [6, 6.07) is 5.06. The Morgan fingerprint density at radius 3 is 2.29 bits per heavy atom. The van der Waals surface area contributed by atoms with Crippen LogP contribution in [-0.2, 0) is 0 Å². The Labute approximate surface area is 145 Å². The van der Waals surface area contributed by atoms with Crippen LogP contribution in [0.15, 0.2) is 35.6 Å². The second-order valence-electron chi connectivity index (χ2n) is 7.78. The highest BCUT2D eigenvalue weighted by atomic mass is 32.2. The van der Waals surface area contributed by atoms with Crippen LogP contribution in [0.25, 0.3) is 11.5 Å². The first-order valence-corrected chi connectivity index (χ1v) is 9.63. The van der Waals surface area contributed by atoms with Gasteiger partial charge in [0.15, 0.2) is 5.82 Å². The molecular weight excluding hydrogens is 321 g/mol. The maximum atomic E-state index is 13.1. The monoisotopic (exact) mass is 341 g/mol. The Morgan fingerprint density at radius 2 is 1.67 bits per heavy atom. The Balaban J connectivity index is 1.42. The molecule has 124 valence electrons. The number of aromatic nitrogens is 3. The van der Waals surface area contributed by atoms with Crippen LogP contribution in [0.2, 0.25) is 0 Å². The maximum absolute atomic E-state index is 13.1. The van der Waals surface area contributed by atoms with Crippen molar-refractivity contribution in [3.63, 3.8) is 0 Å². The van der Waals surface area contributed by atoms with E-state index in [1.165, 1.54) is 50.8 Å². The number of rotatable bonds is 3. The number of hydrogen-bond donors (Lipinski definition) is 0. The number of halogens is 1. The van der Waals surface area contributed by atoms with E-state index >= 15 is 0 Å². The van der Waals surface area contributed by atoms with Crippen molar-refractivity contribution < 1.29 is 4.39 Å². The lowest BCUT2D eigenvalue weighted by molar-refractivity contribution is 0.0383. The molecule has 6 rings (SSSR count). The van der Waals surface area contributed by atoms with E-state index in [1.807, 2.05) is 17.8 Å². The molecule has 0 radical (unpaired) electrons. The van der Waals surface area contributed by atoms with E-state index in [9.17, 15) is 4.39 Å². The van der Waals surface area contributed by atoms with E-state index in [2.05, 4.69) is 9.97 Å². The van der Waals surface area contributed by atoms with Gasteiger partial charge in [-0.25, -0.2) is 19.3 Å². The minimum Gasteiger partial charge on any atom is -0.250 e. The Morgan fingerprint density at radius 1 is 0.958 bits per heavy atom. The molecule has 0 N–H and O–H groups in total. The molecule has 24 heavy (non-hydrogen) atoms. The molecule has 0 unspecified atom stereocenters. The summed E-state index contributed by atoms with van der Waals surface area (Å²) in [5, 5.41) is 1.04. The van der Waals surface area contributed by atoms with Crippen LogP contribution in [0.5, 0.6) is 0 Å². The van der Waals surface area contributed by atoms with Crippen LogP contribution >= 0.6 is 11.8 Å². The molecule has 4 aliphatic carbocycles. The second-order valence-corrected chi connectivity index (χ2v) is 9.27. The minimum absolute atomic E-state index is 0.335. The van der Waals surface area contributed by atoms with E-state index in [0.717, 1.165) is 22.8 Å². The average molecular weight is 341 g/mol. The zero-order valence-corrected chi connectivity index (χ0v) is 14.3. The molecule has 0 aliphatic heterocycles. The predicted octanol–water partition coefficient (Wildman–Crippen LogP) is 4.74. The normalized spacial score (nSPS) is 33.8. The molecule has 0 aromatic carbocycles. The van der Waals surface area contributed by atoms with Gasteiger partial charge in [0.05, 0.1) is 6.20 Å². The van der Waals surface area contributed by atoms with E-state index in [1.54, 1.807) is 12.3 Å². The summed E-state index contributed by atoms with van der Waals surface area (Å²) in [5.74, 6) is 3.05. The standard InChI is InChI=1S/C19H20FN3S/c20-15-1-2-16(22-11-15)18-21-4-3-17(23-18)24-19-8-12-5-13(9-19)7-14(6-12)10-19/h1-4,11-14H,5-10H2. The molecule has 4 fully saturated rings. The Bertz CT molecular complexity index is 726. The van der Waals surface area contributed by atoms with Gasteiger partial charge in [-0.2, -0.15) is 0 Å². The number of hydrogen-bond acceptors (Lipinski definition) is 4. The van der Waals surface area contributed by atoms with Crippen molar-refractivity contribution in [1.29, 1.82) is 0 Å². The van der Waals surface area contributed by atoms with Crippen LogP contribution in [0, 0.1) is 23.6 Å². The zero-order valence-electron chi connectivity index (χ0n) is 13.5. The van der Waals surface area contributed by atoms with Gasteiger partial charge in [0.25, 0.3) is 0 Å². The highest BCUT2D eigenvalue weighted by molar-refractivity contribution is 8.00. The summed E-state index contributed by atoms with van der Waals surface area (Å²) in [4.78, 5) is 13.1. The fourth-order valence-corrected chi connectivity index (χ4v) is 7.07. The highest BCUT2D eigenvalue weighted by Gasteiger charge is 2.51. The number of pyridine rings is 1. The van der Waals surface area contributed by atoms with Gasteiger partial charge in [0.1, 0.15) is 16.5 Å². The van der Waals surface area contributed by atoms with Gasteiger partial charge in [-0.05, 0) is 74.5 Å². The van der Waals surface area contributed by atoms with E-state index in [0.29, 0.717) is 16.3 Å². The second kappa shape index (κ2) is 5.51. The third-order valence-electron chi connectivity index (χ3n) is 5.89. The first kappa shape index (κ1) is 14.8. The molecule has 4 bridgehead atoms. The van der Waals surface area contributed by atoms with Gasteiger partial charge < -0.3 is 0 Å². The largest absolute Gasteiger partial charge is 0.250 e. The van der Waals surface area contributed by atoms with Gasteiger partial charge in [-0.15, -0.1) is 0 Å². The highest BCUT2D eigenvalue weighted by Crippen LogP contribution is 2.61. The smallest absolute Gasteiger partial charge is 0.179 e. The SMILES string of the molecule is Fc1ccc(-c2nccc(SC34CC5CC(CC(C5)C3)C4)n2)nc1. The Kier molecular flexibility index (Phi) is 3.40. The predicted molar refractivity (Wildman–Crippen MR) is 92.0 cm³/mol. The molecule has 0 amide bonds. The van der Waals surface area contributed by atoms with Crippen LogP contribution in [0.3, 0.4) is 0 Å². The molecule has 4 aliphatic rings. The third kappa shape index (κ3) is 2.63. The lowest BCUT2D eigenvalue weighted by Gasteiger charge is -2.56. The van der Waals surface area contributed by atoms with Gasteiger partial charge in [-0.1, -0.05) is 11.8 Å². The van der Waals surface area contributed by atoms with E-state index < -0.39 is 0 Å². The van der Waals surface area contributed by atoms with Crippen LogP contribution < -0.4 is 0 Å². The topological polar surface area (TPSA) is 38.7 Å². The molecule has 2 heterocycles. The van der Waals surface area contributed by atoms with Gasteiger partial charge >= 0.3 is 0 Å². The van der Waals surface area contributed by atoms with Gasteiger partial charge in [0, 0.05) is 10.9 Å². The molecule has 2 aromatic rings. The minimum atomic E-state index is -0.335. The molecule has 4 saturated carbocycles. The summed E-state index contributed by atoms with van der Waals surface area (Å²) < 4.78 is 13.4. The summed E-state index contributed by atoms with van der Waals surface area (Å²) in [7, 11) is 0.